The zero-order valence-corrected chi connectivity index (χ0v) is 21.9. The highest BCUT2D eigenvalue weighted by molar-refractivity contribution is 7.90. The quantitative estimate of drug-likeness (QED) is 0.446. The zero-order valence-electron chi connectivity index (χ0n) is 21.0. The summed E-state index contributed by atoms with van der Waals surface area (Å²) in [5.74, 6) is -0.845. The number of nitrogens with zero attached hydrogens (tertiary/aromatic N) is 2. The number of hydrogen-bond acceptors (Lipinski definition) is 7. The number of hydrogen-bond donors (Lipinski definition) is 2. The summed E-state index contributed by atoms with van der Waals surface area (Å²) in [6, 6.07) is 10.8. The van der Waals surface area contributed by atoms with Crippen molar-refractivity contribution in [2.24, 2.45) is 5.41 Å². The van der Waals surface area contributed by atoms with Crippen molar-refractivity contribution in [3.63, 3.8) is 0 Å². The molecule has 2 aromatic carbocycles. The van der Waals surface area contributed by atoms with E-state index in [1.807, 2.05) is 43.9 Å². The average Bonchev–Trinajstić information content (AvgIpc) is 3.34. The molecule has 1 amide bonds. The Bertz CT molecular complexity index is 1320. The molecule has 2 atom stereocenters. The lowest BCUT2D eigenvalue weighted by Gasteiger charge is -2.30. The minimum Gasteiger partial charge on any atom is -0.424 e. The topological polar surface area (TPSA) is 105 Å². The molecule has 0 saturated heterocycles. The van der Waals surface area contributed by atoms with E-state index in [0.29, 0.717) is 37.0 Å². The van der Waals surface area contributed by atoms with Gasteiger partial charge in [-0.15, -0.1) is 0 Å². The Labute approximate surface area is 211 Å². The summed E-state index contributed by atoms with van der Waals surface area (Å²) in [5, 5.41) is 6.07. The van der Waals surface area contributed by atoms with Crippen molar-refractivity contribution in [3.05, 3.63) is 53.8 Å². The van der Waals surface area contributed by atoms with E-state index in [0.717, 1.165) is 17.5 Å². The maximum absolute atomic E-state index is 13.6. The number of amides is 1. The second kappa shape index (κ2) is 10.1. The predicted octanol–water partition coefficient (Wildman–Crippen LogP) is 3.78. The molecule has 36 heavy (non-hydrogen) atoms. The minimum absolute atomic E-state index is 0.203. The van der Waals surface area contributed by atoms with Gasteiger partial charge in [0, 0.05) is 25.0 Å². The first-order chi connectivity index (χ1) is 16.9. The van der Waals surface area contributed by atoms with E-state index in [1.165, 1.54) is 12.1 Å². The zero-order chi connectivity index (χ0) is 26.1. The van der Waals surface area contributed by atoms with Gasteiger partial charge in [0.05, 0.1) is 11.8 Å². The lowest BCUT2D eigenvalue weighted by molar-refractivity contribution is -0.123. The molecule has 1 aliphatic heterocycles. The fourth-order valence-corrected chi connectivity index (χ4v) is 5.53. The number of fused-ring (bicyclic) bond motifs is 2. The molecule has 4 rings (SSSR count). The van der Waals surface area contributed by atoms with Crippen molar-refractivity contribution in [2.45, 2.75) is 45.7 Å². The van der Waals surface area contributed by atoms with Gasteiger partial charge in [-0.1, -0.05) is 32.9 Å². The maximum Gasteiger partial charge on any atom is 0.296 e. The number of halogens is 1. The second-order valence-corrected chi connectivity index (χ2v) is 12.9. The summed E-state index contributed by atoms with van der Waals surface area (Å²) >= 11 is 0. The molecule has 0 saturated carbocycles. The standard InChI is InChI=1S/C26H33FN4O4S/c1-26(2,3)14-21(30-25-29-20-7-5-6-8-23(20)35-25)24(32)28-19(16-36(4,33)34)15-31-12-11-17-13-18(27)9-10-22(17)31/h5-10,13,19,21H,11-12,14-16H2,1-4H3,(H,28,32)(H,29,30)/t19-,21+/m0/s1. The SMILES string of the molecule is CC(C)(C)C[C@@H](Nc1nc2ccccc2o1)C(=O)N[C@@H](CN1CCc2cc(F)ccc21)CS(C)(=O)=O. The van der Waals surface area contributed by atoms with Gasteiger partial charge in [-0.25, -0.2) is 12.8 Å². The third kappa shape index (κ3) is 6.75. The molecule has 0 aliphatic carbocycles. The second-order valence-electron chi connectivity index (χ2n) is 10.7. The van der Waals surface area contributed by atoms with Crippen LogP contribution in [0.3, 0.4) is 0 Å². The van der Waals surface area contributed by atoms with E-state index in [4.69, 9.17) is 4.42 Å². The van der Waals surface area contributed by atoms with Crippen LogP contribution in [-0.2, 0) is 21.1 Å². The van der Waals surface area contributed by atoms with Crippen LogP contribution in [0.4, 0.5) is 16.1 Å². The fraction of sp³-hybridized carbons (Fsp3) is 0.462. The van der Waals surface area contributed by atoms with Crippen molar-refractivity contribution in [1.82, 2.24) is 10.3 Å². The Kier molecular flexibility index (Phi) is 7.26. The van der Waals surface area contributed by atoms with Gasteiger partial charge in [-0.05, 0) is 54.2 Å². The molecule has 8 nitrogen and oxygen atoms in total. The van der Waals surface area contributed by atoms with Gasteiger partial charge >= 0.3 is 0 Å². The highest BCUT2D eigenvalue weighted by Crippen LogP contribution is 2.29. The number of nitrogens with one attached hydrogen (secondary N) is 2. The highest BCUT2D eigenvalue weighted by Gasteiger charge is 2.31. The van der Waals surface area contributed by atoms with Gasteiger partial charge in [-0.3, -0.25) is 4.79 Å². The first-order valence-electron chi connectivity index (χ1n) is 12.0. The van der Waals surface area contributed by atoms with Crippen molar-refractivity contribution < 1.29 is 22.0 Å². The van der Waals surface area contributed by atoms with Crippen molar-refractivity contribution in [2.75, 3.05) is 35.3 Å². The molecule has 0 bridgehead atoms. The Balaban J connectivity index is 1.53. The highest BCUT2D eigenvalue weighted by atomic mass is 32.2. The number of aromatic nitrogens is 1. The molecule has 3 aromatic rings. The van der Waals surface area contributed by atoms with E-state index in [9.17, 15) is 17.6 Å². The normalized spacial score (nSPS) is 15.5. The smallest absolute Gasteiger partial charge is 0.296 e. The van der Waals surface area contributed by atoms with E-state index in [2.05, 4.69) is 15.6 Å². The molecule has 0 spiro atoms. The minimum atomic E-state index is -3.38. The molecule has 0 unspecified atom stereocenters. The van der Waals surface area contributed by atoms with Gasteiger partial charge in [0.15, 0.2) is 5.58 Å². The Hall–Kier alpha value is -3.14. The van der Waals surface area contributed by atoms with Gasteiger partial charge in [-0.2, -0.15) is 4.98 Å². The van der Waals surface area contributed by atoms with Gasteiger partial charge in [0.2, 0.25) is 5.91 Å². The third-order valence-electron chi connectivity index (χ3n) is 6.05. The molecule has 0 radical (unpaired) electrons. The summed E-state index contributed by atoms with van der Waals surface area (Å²) in [6.45, 7) is 6.99. The van der Waals surface area contributed by atoms with Crippen LogP contribution in [0.5, 0.6) is 0 Å². The molecule has 2 N–H and O–H groups in total. The number of sulfone groups is 1. The van der Waals surface area contributed by atoms with Crippen molar-refractivity contribution in [3.8, 4) is 0 Å². The molecule has 194 valence electrons. The van der Waals surface area contributed by atoms with Crippen LogP contribution in [0.2, 0.25) is 0 Å². The number of rotatable bonds is 9. The number of para-hydroxylation sites is 2. The van der Waals surface area contributed by atoms with Crippen LogP contribution < -0.4 is 15.5 Å². The van der Waals surface area contributed by atoms with Crippen LogP contribution in [0.15, 0.2) is 46.9 Å². The Morgan fingerprint density at radius 1 is 1.22 bits per heavy atom. The van der Waals surface area contributed by atoms with E-state index < -0.39 is 21.9 Å². The Morgan fingerprint density at radius 2 is 1.97 bits per heavy atom. The van der Waals surface area contributed by atoms with Crippen LogP contribution in [0, 0.1) is 11.2 Å². The molecular formula is C26H33FN4O4S. The summed E-state index contributed by atoms with van der Waals surface area (Å²) in [5.41, 5.74) is 2.82. The lowest BCUT2D eigenvalue weighted by Crippen LogP contribution is -2.52. The predicted molar refractivity (Wildman–Crippen MR) is 139 cm³/mol. The lowest BCUT2D eigenvalue weighted by atomic mass is 9.87. The van der Waals surface area contributed by atoms with Crippen molar-refractivity contribution in [1.29, 1.82) is 0 Å². The maximum atomic E-state index is 13.6. The number of benzene rings is 2. The van der Waals surface area contributed by atoms with E-state index >= 15 is 0 Å². The summed E-state index contributed by atoms with van der Waals surface area (Å²) in [6.07, 6.45) is 2.29. The van der Waals surface area contributed by atoms with Gasteiger partial charge < -0.3 is 20.0 Å². The molecule has 1 aromatic heterocycles. The largest absolute Gasteiger partial charge is 0.424 e. The number of oxazole rings is 1. The van der Waals surface area contributed by atoms with Crippen LogP contribution in [0.25, 0.3) is 11.1 Å². The summed E-state index contributed by atoms with van der Waals surface area (Å²) < 4.78 is 43.8. The Morgan fingerprint density at radius 3 is 2.67 bits per heavy atom. The molecule has 10 heteroatoms. The average molecular weight is 517 g/mol. The van der Waals surface area contributed by atoms with Crippen LogP contribution in [0.1, 0.15) is 32.8 Å². The third-order valence-corrected chi connectivity index (χ3v) is 7.06. The molecular weight excluding hydrogens is 483 g/mol. The monoisotopic (exact) mass is 516 g/mol. The summed E-state index contributed by atoms with van der Waals surface area (Å²) in [4.78, 5) is 19.9. The van der Waals surface area contributed by atoms with Gasteiger partial charge in [0.1, 0.15) is 27.2 Å². The molecule has 1 aliphatic rings. The first-order valence-corrected chi connectivity index (χ1v) is 14.1. The summed E-state index contributed by atoms with van der Waals surface area (Å²) in [7, 11) is -3.38. The van der Waals surface area contributed by atoms with Crippen LogP contribution in [-0.4, -0.2) is 56.5 Å². The number of carbonyl (C=O) groups is 1. The number of carbonyl (C=O) groups excluding carboxylic acids is 1. The molecule has 2 heterocycles. The molecule has 0 fully saturated rings. The van der Waals surface area contributed by atoms with Gasteiger partial charge in [0.25, 0.3) is 6.01 Å². The first kappa shape index (κ1) is 25.9. The fourth-order valence-electron chi connectivity index (χ4n) is 4.61. The number of anilines is 2. The van der Waals surface area contributed by atoms with Crippen molar-refractivity contribution >= 4 is 38.5 Å². The van der Waals surface area contributed by atoms with E-state index in [-0.39, 0.29) is 28.9 Å². The van der Waals surface area contributed by atoms with Crippen LogP contribution >= 0.6 is 0 Å². The van der Waals surface area contributed by atoms with E-state index in [1.54, 1.807) is 12.1 Å².